The van der Waals surface area contributed by atoms with E-state index in [-0.39, 0.29) is 23.7 Å². The molecule has 0 saturated carbocycles. The minimum absolute atomic E-state index is 0.0362. The number of likely N-dealkylation sites (tertiary alicyclic amines) is 1. The third kappa shape index (κ3) is 2.78. The maximum atomic E-state index is 13.5. The summed E-state index contributed by atoms with van der Waals surface area (Å²) in [5, 5.41) is 0. The monoisotopic (exact) mass is 381 g/mol. The van der Waals surface area contributed by atoms with E-state index < -0.39 is 0 Å². The number of aromatic nitrogens is 1. The molecule has 0 aliphatic carbocycles. The van der Waals surface area contributed by atoms with Gasteiger partial charge < -0.3 is 9.64 Å². The van der Waals surface area contributed by atoms with E-state index in [0.717, 1.165) is 31.5 Å². The van der Waals surface area contributed by atoms with Gasteiger partial charge in [0.25, 0.3) is 5.91 Å². The van der Waals surface area contributed by atoms with Gasteiger partial charge in [-0.05, 0) is 55.6 Å². The van der Waals surface area contributed by atoms with Gasteiger partial charge in [-0.1, -0.05) is 12.1 Å². The number of methoxy groups -OCH3 is 1. The van der Waals surface area contributed by atoms with Crippen LogP contribution in [-0.4, -0.2) is 59.5 Å². The van der Waals surface area contributed by atoms with Crippen molar-refractivity contribution in [2.45, 2.75) is 30.8 Å². The van der Waals surface area contributed by atoms with Gasteiger partial charge in [-0.25, -0.2) is 9.37 Å². The standard InChI is InChI=1S/C22H24FN3O2/c1-28-19-12-16(6-9-24-19)22(27)26-13-18(14-2-4-17(23)5-3-14)21-20(26)15-7-10-25(21)11-8-15/h2-6,9,12,15,18,20-21H,7-8,10-11,13H2,1H3/t18-,20+,21+/m0/s1. The lowest BCUT2D eigenvalue weighted by Gasteiger charge is -2.51. The predicted molar refractivity (Wildman–Crippen MR) is 103 cm³/mol. The zero-order valence-electron chi connectivity index (χ0n) is 15.9. The summed E-state index contributed by atoms with van der Waals surface area (Å²) in [4.78, 5) is 22.2. The molecule has 4 aliphatic heterocycles. The van der Waals surface area contributed by atoms with Crippen molar-refractivity contribution in [1.82, 2.24) is 14.8 Å². The van der Waals surface area contributed by atoms with E-state index in [0.29, 0.717) is 29.9 Å². The Morgan fingerprint density at radius 1 is 1.14 bits per heavy atom. The van der Waals surface area contributed by atoms with E-state index in [2.05, 4.69) is 14.8 Å². The second-order valence-corrected chi connectivity index (χ2v) is 8.06. The van der Waals surface area contributed by atoms with Crippen LogP contribution in [0.4, 0.5) is 4.39 Å². The molecule has 3 atom stereocenters. The van der Waals surface area contributed by atoms with E-state index in [9.17, 15) is 9.18 Å². The normalized spacial score (nSPS) is 30.9. The van der Waals surface area contributed by atoms with Crippen LogP contribution in [0, 0.1) is 11.7 Å². The Morgan fingerprint density at radius 3 is 2.61 bits per heavy atom. The molecule has 4 fully saturated rings. The molecule has 6 heteroatoms. The SMILES string of the molecule is COc1cc(C(=O)N2C[C@@H](c3ccc(F)cc3)[C@@H]3[C@H]2C2CCN3CC2)ccn1. The number of halogens is 1. The average Bonchev–Trinajstić information content (AvgIpc) is 3.17. The molecule has 0 radical (unpaired) electrons. The first-order chi connectivity index (χ1) is 13.7. The van der Waals surface area contributed by atoms with Gasteiger partial charge in [-0.3, -0.25) is 9.69 Å². The molecule has 1 amide bonds. The Kier molecular flexibility index (Phi) is 4.31. The third-order valence-electron chi connectivity index (χ3n) is 6.74. The summed E-state index contributed by atoms with van der Waals surface area (Å²) in [5.74, 6) is 1.01. The maximum absolute atomic E-state index is 13.5. The predicted octanol–water partition coefficient (Wildman–Crippen LogP) is 2.93. The van der Waals surface area contributed by atoms with Gasteiger partial charge in [0.05, 0.1) is 13.2 Å². The molecule has 4 saturated heterocycles. The Bertz CT molecular complexity index is 880. The fourth-order valence-corrected chi connectivity index (χ4v) is 5.48. The van der Waals surface area contributed by atoms with Crippen LogP contribution in [-0.2, 0) is 0 Å². The first-order valence-corrected chi connectivity index (χ1v) is 9.96. The maximum Gasteiger partial charge on any atom is 0.254 e. The van der Waals surface area contributed by atoms with Crippen molar-refractivity contribution in [2.24, 2.45) is 5.92 Å². The summed E-state index contributed by atoms with van der Waals surface area (Å²) in [6.45, 7) is 2.85. The van der Waals surface area contributed by atoms with Gasteiger partial charge in [0.15, 0.2) is 0 Å². The van der Waals surface area contributed by atoms with Crippen LogP contribution in [0.2, 0.25) is 0 Å². The fraction of sp³-hybridized carbons (Fsp3) is 0.455. The van der Waals surface area contributed by atoms with Crippen molar-refractivity contribution in [3.8, 4) is 5.88 Å². The number of piperidine rings is 3. The molecule has 0 spiro atoms. The summed E-state index contributed by atoms with van der Waals surface area (Å²) in [7, 11) is 1.56. The number of rotatable bonds is 3. The quantitative estimate of drug-likeness (QED) is 0.820. The number of hydrogen-bond donors (Lipinski definition) is 0. The van der Waals surface area contributed by atoms with Gasteiger partial charge in [0.2, 0.25) is 5.88 Å². The summed E-state index contributed by atoms with van der Waals surface area (Å²) in [6.07, 6.45) is 3.90. The van der Waals surface area contributed by atoms with Crippen molar-refractivity contribution < 1.29 is 13.9 Å². The second-order valence-electron chi connectivity index (χ2n) is 8.06. The van der Waals surface area contributed by atoms with Gasteiger partial charge >= 0.3 is 0 Å². The molecule has 5 nitrogen and oxygen atoms in total. The summed E-state index contributed by atoms with van der Waals surface area (Å²) in [5.41, 5.74) is 1.73. The highest BCUT2D eigenvalue weighted by Gasteiger charge is 2.54. The average molecular weight is 381 g/mol. The van der Waals surface area contributed by atoms with Crippen molar-refractivity contribution >= 4 is 5.91 Å². The number of benzene rings is 1. The van der Waals surface area contributed by atoms with Crippen molar-refractivity contribution in [2.75, 3.05) is 26.7 Å². The summed E-state index contributed by atoms with van der Waals surface area (Å²) >= 11 is 0. The second kappa shape index (κ2) is 6.85. The summed E-state index contributed by atoms with van der Waals surface area (Å²) in [6, 6.07) is 10.8. The number of amides is 1. The molecular weight excluding hydrogens is 357 g/mol. The topological polar surface area (TPSA) is 45.7 Å². The largest absolute Gasteiger partial charge is 0.481 e. The number of carbonyl (C=O) groups excluding carboxylic acids is 1. The van der Waals surface area contributed by atoms with Crippen LogP contribution in [0.1, 0.15) is 34.7 Å². The smallest absolute Gasteiger partial charge is 0.254 e. The van der Waals surface area contributed by atoms with E-state index in [1.807, 2.05) is 12.1 Å². The minimum atomic E-state index is -0.222. The molecule has 0 N–H and O–H groups in total. The zero-order chi connectivity index (χ0) is 19.3. The Hall–Kier alpha value is -2.47. The number of carbonyl (C=O) groups is 1. The number of fused-ring (bicyclic) bond motifs is 2. The number of hydrogen-bond acceptors (Lipinski definition) is 4. The highest BCUT2D eigenvalue weighted by atomic mass is 19.1. The van der Waals surface area contributed by atoms with E-state index in [1.54, 1.807) is 25.4 Å². The van der Waals surface area contributed by atoms with Crippen molar-refractivity contribution in [1.29, 1.82) is 0 Å². The van der Waals surface area contributed by atoms with E-state index in [4.69, 9.17) is 4.74 Å². The lowest BCUT2D eigenvalue weighted by molar-refractivity contribution is -0.00342. The molecule has 1 aromatic heterocycles. The Balaban J connectivity index is 1.51. The van der Waals surface area contributed by atoms with Crippen molar-refractivity contribution in [3.63, 3.8) is 0 Å². The molecular formula is C22H24FN3O2. The van der Waals surface area contributed by atoms with Crippen LogP contribution < -0.4 is 4.74 Å². The molecule has 146 valence electrons. The highest BCUT2D eigenvalue weighted by Crippen LogP contribution is 2.47. The fourth-order valence-electron chi connectivity index (χ4n) is 5.48. The molecule has 2 bridgehead atoms. The van der Waals surface area contributed by atoms with Gasteiger partial charge in [-0.15, -0.1) is 0 Å². The zero-order valence-corrected chi connectivity index (χ0v) is 15.9. The van der Waals surface area contributed by atoms with Gasteiger partial charge in [0.1, 0.15) is 5.82 Å². The van der Waals surface area contributed by atoms with Crippen LogP contribution >= 0.6 is 0 Å². The molecule has 28 heavy (non-hydrogen) atoms. The molecule has 6 rings (SSSR count). The highest BCUT2D eigenvalue weighted by molar-refractivity contribution is 5.95. The Morgan fingerprint density at radius 2 is 1.89 bits per heavy atom. The third-order valence-corrected chi connectivity index (χ3v) is 6.74. The molecule has 0 unspecified atom stereocenters. The number of ether oxygens (including phenoxy) is 1. The van der Waals surface area contributed by atoms with Crippen LogP contribution in [0.5, 0.6) is 5.88 Å². The Labute approximate surface area is 164 Å². The number of pyridine rings is 1. The van der Waals surface area contributed by atoms with Crippen molar-refractivity contribution in [3.05, 3.63) is 59.5 Å². The van der Waals surface area contributed by atoms with Crippen LogP contribution in [0.25, 0.3) is 0 Å². The lowest BCUT2D eigenvalue weighted by Crippen LogP contribution is -2.60. The first kappa shape index (κ1) is 17.6. The van der Waals surface area contributed by atoms with E-state index >= 15 is 0 Å². The van der Waals surface area contributed by atoms with E-state index in [1.165, 1.54) is 12.1 Å². The minimum Gasteiger partial charge on any atom is -0.481 e. The molecule has 2 aromatic rings. The summed E-state index contributed by atoms with van der Waals surface area (Å²) < 4.78 is 18.7. The van der Waals surface area contributed by atoms with Crippen LogP contribution in [0.3, 0.4) is 0 Å². The van der Waals surface area contributed by atoms with Gasteiger partial charge in [0, 0.05) is 36.3 Å². The molecule has 4 aliphatic rings. The molecule has 5 heterocycles. The lowest BCUT2D eigenvalue weighted by atomic mass is 9.75. The van der Waals surface area contributed by atoms with Crippen LogP contribution in [0.15, 0.2) is 42.6 Å². The molecule has 1 aromatic carbocycles. The number of nitrogens with zero attached hydrogens (tertiary/aromatic N) is 3. The first-order valence-electron chi connectivity index (χ1n) is 9.96. The van der Waals surface area contributed by atoms with Gasteiger partial charge in [-0.2, -0.15) is 0 Å².